The van der Waals surface area contributed by atoms with Crippen LogP contribution in [0.3, 0.4) is 0 Å². The lowest BCUT2D eigenvalue weighted by molar-refractivity contribution is 1.15. The topological polar surface area (TPSA) is 38.9 Å². The molecule has 14 heavy (non-hydrogen) atoms. The first-order valence-electron chi connectivity index (χ1n) is 4.67. The lowest BCUT2D eigenvalue weighted by atomic mass is 9.98. The summed E-state index contributed by atoms with van der Waals surface area (Å²) in [5, 5.41) is 0. The summed E-state index contributed by atoms with van der Waals surface area (Å²) < 4.78 is 0. The predicted molar refractivity (Wildman–Crippen MR) is 60.8 cm³/mol. The first kappa shape index (κ1) is 10.7. The van der Waals surface area contributed by atoms with Crippen molar-refractivity contribution >= 4 is 5.57 Å². The van der Waals surface area contributed by atoms with Crippen molar-refractivity contribution in [1.82, 2.24) is 4.98 Å². The lowest BCUT2D eigenvalue weighted by Crippen LogP contribution is -2.05. The van der Waals surface area contributed by atoms with Gasteiger partial charge in [-0.05, 0) is 31.1 Å². The third-order valence-corrected chi connectivity index (χ3v) is 2.29. The number of aryl methyl sites for hydroxylation is 1. The van der Waals surface area contributed by atoms with Crippen LogP contribution in [0.1, 0.15) is 18.2 Å². The minimum absolute atomic E-state index is 0.518. The van der Waals surface area contributed by atoms with Crippen LogP contribution in [0.2, 0.25) is 0 Å². The molecule has 2 heteroatoms. The van der Waals surface area contributed by atoms with Crippen LogP contribution >= 0.6 is 0 Å². The van der Waals surface area contributed by atoms with Gasteiger partial charge < -0.3 is 5.73 Å². The minimum atomic E-state index is 0.518. The van der Waals surface area contributed by atoms with Crippen molar-refractivity contribution in [2.24, 2.45) is 5.73 Å². The lowest BCUT2D eigenvalue weighted by Gasteiger charge is -2.10. The van der Waals surface area contributed by atoms with E-state index in [-0.39, 0.29) is 0 Å². The zero-order valence-corrected chi connectivity index (χ0v) is 8.75. The second-order valence-corrected chi connectivity index (χ2v) is 3.13. The summed E-state index contributed by atoms with van der Waals surface area (Å²) in [6, 6.07) is 3.93. The molecule has 1 aromatic rings. The molecule has 0 amide bonds. The summed E-state index contributed by atoms with van der Waals surface area (Å²) in [4.78, 5) is 4.22. The molecule has 0 aromatic carbocycles. The van der Waals surface area contributed by atoms with Gasteiger partial charge in [0.2, 0.25) is 0 Å². The molecule has 1 aromatic heterocycles. The molecule has 0 unspecified atom stereocenters. The van der Waals surface area contributed by atoms with E-state index in [9.17, 15) is 0 Å². The number of nitrogens with two attached hydrogens (primary N) is 1. The first-order valence-corrected chi connectivity index (χ1v) is 4.67. The number of allylic oxidation sites excluding steroid dienone is 1. The van der Waals surface area contributed by atoms with Crippen molar-refractivity contribution in [3.05, 3.63) is 47.8 Å². The molecule has 74 valence electrons. The molecule has 0 aliphatic heterocycles. The fourth-order valence-corrected chi connectivity index (χ4v) is 1.39. The average Bonchev–Trinajstić information content (AvgIpc) is 2.20. The van der Waals surface area contributed by atoms with Gasteiger partial charge in [0.1, 0.15) is 0 Å². The minimum Gasteiger partial charge on any atom is -0.326 e. The molecule has 0 saturated carbocycles. The number of pyridine rings is 1. The average molecular weight is 188 g/mol. The number of rotatable bonds is 3. The van der Waals surface area contributed by atoms with Crippen LogP contribution in [0.15, 0.2) is 36.6 Å². The van der Waals surface area contributed by atoms with E-state index in [0.717, 1.165) is 22.4 Å². The van der Waals surface area contributed by atoms with E-state index in [2.05, 4.69) is 11.6 Å². The number of hydrogen-bond acceptors (Lipinski definition) is 2. The Morgan fingerprint density at radius 2 is 2.36 bits per heavy atom. The highest BCUT2D eigenvalue weighted by Crippen LogP contribution is 2.21. The Morgan fingerprint density at radius 1 is 1.64 bits per heavy atom. The normalized spacial score (nSPS) is 11.5. The maximum atomic E-state index is 5.62. The molecular weight excluding hydrogens is 172 g/mol. The quantitative estimate of drug-likeness (QED) is 0.739. The largest absolute Gasteiger partial charge is 0.326 e. The molecule has 1 rings (SSSR count). The van der Waals surface area contributed by atoms with E-state index in [0.29, 0.717) is 6.54 Å². The number of hydrogen-bond donors (Lipinski definition) is 1. The van der Waals surface area contributed by atoms with Gasteiger partial charge >= 0.3 is 0 Å². The predicted octanol–water partition coefficient (Wildman–Crippen LogP) is 2.31. The third-order valence-electron chi connectivity index (χ3n) is 2.29. The highest BCUT2D eigenvalue weighted by Gasteiger charge is 2.05. The molecule has 2 N–H and O–H groups in total. The van der Waals surface area contributed by atoms with Crippen LogP contribution in [0, 0.1) is 6.92 Å². The van der Waals surface area contributed by atoms with Gasteiger partial charge in [-0.25, -0.2) is 0 Å². The third kappa shape index (κ3) is 2.09. The molecule has 0 fully saturated rings. The number of nitrogens with zero attached hydrogens (tertiary/aromatic N) is 1. The molecule has 0 atom stereocenters. The maximum absolute atomic E-state index is 5.62. The Morgan fingerprint density at radius 3 is 2.86 bits per heavy atom. The first-order chi connectivity index (χ1) is 6.70. The Bertz CT molecular complexity index is 364. The molecule has 0 aliphatic rings. The van der Waals surface area contributed by atoms with Crippen molar-refractivity contribution in [1.29, 1.82) is 0 Å². The van der Waals surface area contributed by atoms with E-state index < -0.39 is 0 Å². The maximum Gasteiger partial charge on any atom is 0.0450 e. The Balaban J connectivity index is 3.07. The summed E-state index contributed by atoms with van der Waals surface area (Å²) in [6.07, 6.45) is 3.78. The van der Waals surface area contributed by atoms with Crippen LogP contribution in [0.25, 0.3) is 5.57 Å². The molecule has 0 spiro atoms. The molecular formula is C12H16N2. The summed E-state index contributed by atoms with van der Waals surface area (Å²) >= 11 is 0. The summed E-state index contributed by atoms with van der Waals surface area (Å²) in [5.74, 6) is 0. The van der Waals surface area contributed by atoms with Crippen LogP contribution < -0.4 is 5.73 Å². The fraction of sp³-hybridized carbons (Fsp3) is 0.250. The van der Waals surface area contributed by atoms with Crippen LogP contribution in [0.5, 0.6) is 0 Å². The van der Waals surface area contributed by atoms with Gasteiger partial charge in [-0.2, -0.15) is 0 Å². The van der Waals surface area contributed by atoms with Gasteiger partial charge in [-0.15, -0.1) is 0 Å². The van der Waals surface area contributed by atoms with Crippen molar-refractivity contribution in [2.45, 2.75) is 13.8 Å². The molecule has 0 aliphatic carbocycles. The van der Waals surface area contributed by atoms with Crippen molar-refractivity contribution in [3.8, 4) is 0 Å². The molecule has 0 radical (unpaired) electrons. The fourth-order valence-electron chi connectivity index (χ4n) is 1.39. The molecule has 0 saturated heterocycles. The van der Waals surface area contributed by atoms with Crippen molar-refractivity contribution in [2.75, 3.05) is 6.54 Å². The second-order valence-electron chi connectivity index (χ2n) is 3.13. The standard InChI is InChI=1S/C12H16N2/c1-4-11(8-13)9(2)12-6-5-7-14-10(12)3/h4-7H,2,8,13H2,1,3H3/b11-4-. The monoisotopic (exact) mass is 188 g/mol. The zero-order valence-electron chi connectivity index (χ0n) is 8.75. The van der Waals surface area contributed by atoms with Crippen LogP contribution in [0.4, 0.5) is 0 Å². The highest BCUT2D eigenvalue weighted by atomic mass is 14.7. The number of aromatic nitrogens is 1. The molecule has 0 bridgehead atoms. The van der Waals surface area contributed by atoms with Crippen molar-refractivity contribution < 1.29 is 0 Å². The van der Waals surface area contributed by atoms with Crippen molar-refractivity contribution in [3.63, 3.8) is 0 Å². The van der Waals surface area contributed by atoms with Gasteiger partial charge in [-0.3, -0.25) is 4.98 Å². The zero-order chi connectivity index (χ0) is 10.6. The summed E-state index contributed by atoms with van der Waals surface area (Å²) in [5.41, 5.74) is 9.73. The van der Waals surface area contributed by atoms with E-state index >= 15 is 0 Å². The van der Waals surface area contributed by atoms with Gasteiger partial charge in [0.25, 0.3) is 0 Å². The smallest absolute Gasteiger partial charge is 0.0450 e. The van der Waals surface area contributed by atoms with E-state index in [1.807, 2.05) is 32.1 Å². The van der Waals surface area contributed by atoms with E-state index in [4.69, 9.17) is 5.73 Å². The van der Waals surface area contributed by atoms with Gasteiger partial charge in [0.05, 0.1) is 0 Å². The van der Waals surface area contributed by atoms with Gasteiger partial charge in [-0.1, -0.05) is 18.7 Å². The molecule has 2 nitrogen and oxygen atoms in total. The second kappa shape index (κ2) is 4.72. The van der Waals surface area contributed by atoms with Crippen LogP contribution in [-0.4, -0.2) is 11.5 Å². The Hall–Kier alpha value is -1.41. The van der Waals surface area contributed by atoms with E-state index in [1.165, 1.54) is 0 Å². The van der Waals surface area contributed by atoms with Crippen LogP contribution in [-0.2, 0) is 0 Å². The van der Waals surface area contributed by atoms with Gasteiger partial charge in [0, 0.05) is 24.0 Å². The Labute approximate surface area is 85.2 Å². The van der Waals surface area contributed by atoms with Gasteiger partial charge in [0.15, 0.2) is 0 Å². The summed E-state index contributed by atoms with van der Waals surface area (Å²) in [7, 11) is 0. The molecule has 1 heterocycles. The Kier molecular flexibility index (Phi) is 3.60. The summed E-state index contributed by atoms with van der Waals surface area (Å²) in [6.45, 7) is 8.50. The van der Waals surface area contributed by atoms with E-state index in [1.54, 1.807) is 6.20 Å². The highest BCUT2D eigenvalue weighted by molar-refractivity contribution is 5.78. The SMILES string of the molecule is C=C(/C(=C\C)CN)c1cccnc1C.